The summed E-state index contributed by atoms with van der Waals surface area (Å²) in [7, 11) is -3.19. The molecule has 0 radical (unpaired) electrons. The van der Waals surface area contributed by atoms with Crippen molar-refractivity contribution in [1.82, 2.24) is 5.32 Å². The van der Waals surface area contributed by atoms with Gasteiger partial charge in [-0.1, -0.05) is 68.1 Å². The van der Waals surface area contributed by atoms with E-state index in [1.165, 1.54) is 11.8 Å². The molecule has 3 unspecified atom stereocenters. The molecular weight excluding hydrogens is 522 g/mol. The highest BCUT2D eigenvalue weighted by atomic mass is 32.2. The van der Waals surface area contributed by atoms with Crippen LogP contribution >= 0.6 is 11.8 Å². The number of thioether (sulfide) groups is 1. The maximum atomic E-state index is 13.6. The van der Waals surface area contributed by atoms with Gasteiger partial charge < -0.3 is 15.0 Å². The quantitative estimate of drug-likeness (QED) is 0.556. The van der Waals surface area contributed by atoms with E-state index in [4.69, 9.17) is 4.74 Å². The van der Waals surface area contributed by atoms with Gasteiger partial charge in [0.05, 0.1) is 17.5 Å². The average Bonchev–Trinajstić information content (AvgIpc) is 3.28. The van der Waals surface area contributed by atoms with Crippen molar-refractivity contribution in [2.45, 2.75) is 69.9 Å². The second kappa shape index (κ2) is 11.1. The van der Waals surface area contributed by atoms with Crippen LogP contribution in [0.15, 0.2) is 59.6 Å². The molecule has 10 heteroatoms. The fraction of sp³-hybridized carbons (Fsp3) is 0.464. The zero-order valence-corrected chi connectivity index (χ0v) is 24.0. The van der Waals surface area contributed by atoms with Crippen molar-refractivity contribution in [3.63, 3.8) is 0 Å². The van der Waals surface area contributed by atoms with Gasteiger partial charge in [0, 0.05) is 17.4 Å². The molecule has 2 aliphatic rings. The Bertz CT molecular complexity index is 1300. The molecule has 2 amide bonds. The Morgan fingerprint density at radius 3 is 2.34 bits per heavy atom. The highest BCUT2D eigenvalue weighted by Crippen LogP contribution is 2.41. The van der Waals surface area contributed by atoms with Gasteiger partial charge in [0.15, 0.2) is 15.0 Å². The van der Waals surface area contributed by atoms with Gasteiger partial charge in [0.25, 0.3) is 5.91 Å². The van der Waals surface area contributed by atoms with Crippen molar-refractivity contribution >= 4 is 44.5 Å². The van der Waals surface area contributed by atoms with E-state index in [0.717, 1.165) is 16.8 Å². The number of fused-ring (bicyclic) bond motifs is 1. The van der Waals surface area contributed by atoms with Gasteiger partial charge in [-0.25, -0.2) is 13.2 Å². The van der Waals surface area contributed by atoms with Crippen LogP contribution in [0.1, 0.15) is 51.7 Å². The van der Waals surface area contributed by atoms with E-state index in [1.807, 2.05) is 59.5 Å². The summed E-state index contributed by atoms with van der Waals surface area (Å²) < 4.78 is 30.3. The van der Waals surface area contributed by atoms with Crippen molar-refractivity contribution in [3.05, 3.63) is 65.7 Å². The lowest BCUT2D eigenvalue weighted by atomic mass is 10.0. The number of aliphatic imine (C=N–C) groups is 1. The van der Waals surface area contributed by atoms with Gasteiger partial charge in [-0.05, 0) is 49.9 Å². The smallest absolute Gasteiger partial charge is 0.408 e. The van der Waals surface area contributed by atoms with Gasteiger partial charge in [0.2, 0.25) is 0 Å². The normalized spacial score (nSPS) is 22.4. The molecule has 2 aromatic rings. The molecule has 2 heterocycles. The van der Waals surface area contributed by atoms with Crippen LogP contribution in [0.4, 0.5) is 10.5 Å². The van der Waals surface area contributed by atoms with Gasteiger partial charge in [-0.2, -0.15) is 4.99 Å². The second-order valence-corrected chi connectivity index (χ2v) is 14.4. The van der Waals surface area contributed by atoms with Crippen LogP contribution in [0.2, 0.25) is 0 Å². The number of benzene rings is 2. The molecule has 0 aromatic heterocycles. The first kappa shape index (κ1) is 28.2. The molecule has 8 nitrogen and oxygen atoms in total. The zero-order chi connectivity index (χ0) is 27.7. The second-order valence-electron chi connectivity index (χ2n) is 11.0. The Balaban J connectivity index is 1.65. The van der Waals surface area contributed by atoms with E-state index in [1.54, 1.807) is 20.8 Å². The lowest BCUT2D eigenvalue weighted by molar-refractivity contribution is -0.119. The molecule has 0 bridgehead atoms. The highest BCUT2D eigenvalue weighted by molar-refractivity contribution is 8.16. The van der Waals surface area contributed by atoms with Gasteiger partial charge >= 0.3 is 6.09 Å². The van der Waals surface area contributed by atoms with Crippen LogP contribution in [-0.4, -0.2) is 60.0 Å². The molecule has 2 fully saturated rings. The largest absolute Gasteiger partial charge is 0.444 e. The van der Waals surface area contributed by atoms with Crippen LogP contribution in [0, 0.1) is 0 Å². The fourth-order valence-corrected chi connectivity index (χ4v) is 8.48. The minimum Gasteiger partial charge on any atom is -0.444 e. The minimum atomic E-state index is -3.19. The highest BCUT2D eigenvalue weighted by Gasteiger charge is 2.49. The molecule has 3 atom stereocenters. The van der Waals surface area contributed by atoms with Gasteiger partial charge in [-0.15, -0.1) is 0 Å². The average molecular weight is 558 g/mol. The molecule has 204 valence electrons. The molecule has 1 N–H and O–H groups in total. The van der Waals surface area contributed by atoms with E-state index in [-0.39, 0.29) is 29.2 Å². The summed E-state index contributed by atoms with van der Waals surface area (Å²) in [5.41, 5.74) is 2.10. The molecule has 2 aliphatic heterocycles. The number of carbonyl (C=O) groups excluding carboxylic acids is 2. The van der Waals surface area contributed by atoms with E-state index in [2.05, 4.69) is 24.2 Å². The number of hydrogen-bond acceptors (Lipinski definition) is 6. The van der Waals surface area contributed by atoms with E-state index < -0.39 is 33.5 Å². The number of sulfone groups is 1. The van der Waals surface area contributed by atoms with Crippen molar-refractivity contribution in [2.75, 3.05) is 16.4 Å². The first-order valence-electron chi connectivity index (χ1n) is 12.7. The van der Waals surface area contributed by atoms with Crippen molar-refractivity contribution < 1.29 is 22.7 Å². The number of hydrogen-bond donors (Lipinski definition) is 1. The lowest BCUT2D eigenvalue weighted by Gasteiger charge is -2.26. The van der Waals surface area contributed by atoms with E-state index in [0.29, 0.717) is 11.1 Å². The van der Waals surface area contributed by atoms with Gasteiger partial charge in [-0.3, -0.25) is 4.79 Å². The minimum absolute atomic E-state index is 0.00735. The van der Waals surface area contributed by atoms with Crippen LogP contribution < -0.4 is 10.2 Å². The molecule has 38 heavy (non-hydrogen) atoms. The Kier molecular flexibility index (Phi) is 8.23. The van der Waals surface area contributed by atoms with Gasteiger partial charge in [0.1, 0.15) is 11.6 Å². The lowest BCUT2D eigenvalue weighted by Crippen LogP contribution is -2.45. The number of nitrogens with zero attached hydrogens (tertiary/aromatic N) is 2. The number of rotatable bonds is 6. The number of amides is 2. The Hall–Kier alpha value is -2.85. The third kappa shape index (κ3) is 6.96. The predicted octanol–water partition coefficient (Wildman–Crippen LogP) is 4.55. The van der Waals surface area contributed by atoms with Crippen LogP contribution in [0.3, 0.4) is 0 Å². The standard InChI is InChI=1S/C28H35N3O5S2/c1-18(2)20-11-13-21(14-12-20)31-23-16-38(34,35)17-24(23)37-26(31)30-25(32)22(15-19-9-7-6-8-10-19)29-27(33)36-28(3,4)5/h6-14,18,22-24H,15-17H2,1-5H3,(H,29,33). The summed E-state index contributed by atoms with van der Waals surface area (Å²) >= 11 is 1.31. The maximum Gasteiger partial charge on any atom is 0.408 e. The molecule has 4 rings (SSSR count). The molecule has 2 aromatic carbocycles. The summed E-state index contributed by atoms with van der Waals surface area (Å²) in [4.78, 5) is 32.5. The Morgan fingerprint density at radius 1 is 1.08 bits per heavy atom. The summed E-state index contributed by atoms with van der Waals surface area (Å²) in [6, 6.07) is 16.0. The van der Waals surface area contributed by atoms with Crippen LogP contribution in [0.5, 0.6) is 0 Å². The van der Waals surface area contributed by atoms with E-state index in [9.17, 15) is 18.0 Å². The predicted molar refractivity (Wildman–Crippen MR) is 153 cm³/mol. The number of nitrogens with one attached hydrogen (secondary N) is 1. The third-order valence-electron chi connectivity index (χ3n) is 6.38. The van der Waals surface area contributed by atoms with Crippen LogP contribution in [-0.2, 0) is 25.8 Å². The Labute approximate surface area is 229 Å². The van der Waals surface area contributed by atoms with Crippen molar-refractivity contribution in [3.8, 4) is 0 Å². The van der Waals surface area contributed by atoms with Crippen molar-refractivity contribution in [2.24, 2.45) is 4.99 Å². The zero-order valence-electron chi connectivity index (χ0n) is 22.4. The monoisotopic (exact) mass is 557 g/mol. The SMILES string of the molecule is CC(C)c1ccc(N2C(=NC(=O)C(Cc3ccccc3)NC(=O)OC(C)(C)C)SC3CS(=O)(=O)CC32)cc1. The number of carbonyl (C=O) groups is 2. The number of amidine groups is 1. The molecule has 0 spiro atoms. The number of alkyl carbamates (subject to hydrolysis) is 1. The first-order chi connectivity index (χ1) is 17.8. The van der Waals surface area contributed by atoms with Crippen molar-refractivity contribution in [1.29, 1.82) is 0 Å². The van der Waals surface area contributed by atoms with Crippen LogP contribution in [0.25, 0.3) is 0 Å². The number of ether oxygens (including phenoxy) is 1. The number of anilines is 1. The third-order valence-corrected chi connectivity index (χ3v) is 9.59. The topological polar surface area (TPSA) is 105 Å². The van der Waals surface area contributed by atoms with E-state index >= 15 is 0 Å². The molecule has 2 saturated heterocycles. The summed E-state index contributed by atoms with van der Waals surface area (Å²) in [5, 5.41) is 2.92. The summed E-state index contributed by atoms with van der Waals surface area (Å²) in [6.07, 6.45) is -0.458. The molecule has 0 saturated carbocycles. The Morgan fingerprint density at radius 2 is 1.74 bits per heavy atom. The fourth-order valence-electron chi connectivity index (χ4n) is 4.56. The molecule has 0 aliphatic carbocycles. The maximum absolute atomic E-state index is 13.6. The summed E-state index contributed by atoms with van der Waals surface area (Å²) in [6.45, 7) is 9.48. The summed E-state index contributed by atoms with van der Waals surface area (Å²) in [5.74, 6) is -0.120. The molecular formula is C28H35N3O5S2. The first-order valence-corrected chi connectivity index (χ1v) is 15.4.